The van der Waals surface area contributed by atoms with Crippen LogP contribution in [0.4, 0.5) is 5.69 Å². The van der Waals surface area contributed by atoms with Gasteiger partial charge in [0.05, 0.1) is 6.54 Å². The highest BCUT2D eigenvalue weighted by atomic mass is 35.5. The fourth-order valence-electron chi connectivity index (χ4n) is 2.93. The van der Waals surface area contributed by atoms with Gasteiger partial charge in [0.15, 0.2) is 0 Å². The van der Waals surface area contributed by atoms with E-state index in [9.17, 15) is 0 Å². The van der Waals surface area contributed by atoms with Crippen LogP contribution < -0.4 is 4.90 Å². The van der Waals surface area contributed by atoms with E-state index < -0.39 is 0 Å². The monoisotopic (exact) mass is 385 g/mol. The number of nitrogens with zero attached hydrogens (tertiary/aromatic N) is 3. The summed E-state index contributed by atoms with van der Waals surface area (Å²) < 4.78 is 5.90. The third kappa shape index (κ3) is 4.89. The maximum atomic E-state index is 6.15. The molecule has 144 valence electrons. The SMILES string of the molecule is CC.CC.Cc1ccc(Cl)cc1N1CCc2oc(-c3ccccn3)nc2C1. The van der Waals surface area contributed by atoms with E-state index in [1.807, 2.05) is 58.0 Å². The molecule has 0 saturated carbocycles. The molecule has 4 nitrogen and oxygen atoms in total. The van der Waals surface area contributed by atoms with Gasteiger partial charge in [-0.15, -0.1) is 0 Å². The molecule has 3 aromatic rings. The summed E-state index contributed by atoms with van der Waals surface area (Å²) in [4.78, 5) is 11.3. The molecule has 2 aromatic heterocycles. The van der Waals surface area contributed by atoms with Crippen LogP contribution in [-0.4, -0.2) is 16.5 Å². The predicted molar refractivity (Wildman–Crippen MR) is 113 cm³/mol. The third-order valence-electron chi connectivity index (χ3n) is 4.12. The first kappa shape index (κ1) is 21.0. The second-order valence-corrected chi connectivity index (χ2v) is 6.14. The molecule has 0 atom stereocenters. The van der Waals surface area contributed by atoms with Crippen LogP contribution in [0, 0.1) is 6.92 Å². The zero-order valence-corrected chi connectivity index (χ0v) is 17.5. The lowest BCUT2D eigenvalue weighted by molar-refractivity contribution is 0.498. The summed E-state index contributed by atoms with van der Waals surface area (Å²) in [5.41, 5.74) is 4.13. The van der Waals surface area contributed by atoms with Gasteiger partial charge in [0.2, 0.25) is 5.89 Å². The summed E-state index contributed by atoms with van der Waals surface area (Å²) in [6.07, 6.45) is 2.58. The van der Waals surface area contributed by atoms with Crippen molar-refractivity contribution in [3.05, 3.63) is 64.6 Å². The molecule has 0 spiro atoms. The summed E-state index contributed by atoms with van der Waals surface area (Å²) >= 11 is 6.15. The molecule has 0 saturated heterocycles. The zero-order chi connectivity index (χ0) is 19.8. The molecule has 27 heavy (non-hydrogen) atoms. The maximum absolute atomic E-state index is 6.15. The Labute approximate surface area is 167 Å². The first-order valence-electron chi connectivity index (χ1n) is 9.62. The van der Waals surface area contributed by atoms with E-state index in [-0.39, 0.29) is 0 Å². The van der Waals surface area contributed by atoms with Crippen molar-refractivity contribution in [2.45, 2.75) is 47.6 Å². The lowest BCUT2D eigenvalue weighted by Crippen LogP contribution is -2.30. The van der Waals surface area contributed by atoms with Crippen LogP contribution in [0.2, 0.25) is 5.02 Å². The van der Waals surface area contributed by atoms with Crippen LogP contribution in [0.5, 0.6) is 0 Å². The zero-order valence-electron chi connectivity index (χ0n) is 16.8. The number of hydrogen-bond acceptors (Lipinski definition) is 4. The molecule has 0 bridgehead atoms. The minimum absolute atomic E-state index is 0.597. The quantitative estimate of drug-likeness (QED) is 0.518. The molecular formula is C22H28ClN3O. The number of halogens is 1. The van der Waals surface area contributed by atoms with Crippen molar-refractivity contribution in [2.75, 3.05) is 11.4 Å². The van der Waals surface area contributed by atoms with Crippen LogP contribution in [0.1, 0.15) is 44.7 Å². The second-order valence-electron chi connectivity index (χ2n) is 5.71. The number of fused-ring (bicyclic) bond motifs is 1. The van der Waals surface area contributed by atoms with Crippen LogP contribution in [-0.2, 0) is 13.0 Å². The van der Waals surface area contributed by atoms with E-state index >= 15 is 0 Å². The normalized spacial score (nSPS) is 12.3. The van der Waals surface area contributed by atoms with Crippen molar-refractivity contribution in [3.63, 3.8) is 0 Å². The Morgan fingerprint density at radius 1 is 1.07 bits per heavy atom. The Morgan fingerprint density at radius 2 is 1.85 bits per heavy atom. The summed E-state index contributed by atoms with van der Waals surface area (Å²) in [6.45, 7) is 11.7. The fraction of sp³-hybridized carbons (Fsp3) is 0.364. The summed E-state index contributed by atoms with van der Waals surface area (Å²) in [6, 6.07) is 11.7. The largest absolute Gasteiger partial charge is 0.439 e. The number of pyridine rings is 1. The third-order valence-corrected chi connectivity index (χ3v) is 4.36. The van der Waals surface area contributed by atoms with Crippen molar-refractivity contribution < 1.29 is 4.42 Å². The highest BCUT2D eigenvalue weighted by Gasteiger charge is 2.24. The van der Waals surface area contributed by atoms with Gasteiger partial charge in [-0.2, -0.15) is 0 Å². The van der Waals surface area contributed by atoms with Gasteiger partial charge in [0.25, 0.3) is 0 Å². The molecule has 0 N–H and O–H groups in total. The average Bonchev–Trinajstić information content (AvgIpc) is 3.17. The van der Waals surface area contributed by atoms with Gasteiger partial charge in [-0.1, -0.05) is 51.4 Å². The van der Waals surface area contributed by atoms with Crippen LogP contribution in [0.3, 0.4) is 0 Å². The van der Waals surface area contributed by atoms with Crippen molar-refractivity contribution in [2.24, 2.45) is 0 Å². The number of aryl methyl sites for hydroxylation is 1. The second kappa shape index (κ2) is 10.1. The van der Waals surface area contributed by atoms with Gasteiger partial charge in [-0.3, -0.25) is 4.98 Å². The highest BCUT2D eigenvalue weighted by molar-refractivity contribution is 6.30. The van der Waals surface area contributed by atoms with Crippen LogP contribution in [0.15, 0.2) is 47.0 Å². The number of anilines is 1. The molecule has 0 unspecified atom stereocenters. The summed E-state index contributed by atoms with van der Waals surface area (Å²) in [5.74, 6) is 1.56. The van der Waals surface area contributed by atoms with Gasteiger partial charge >= 0.3 is 0 Å². The molecular weight excluding hydrogens is 358 g/mol. The molecule has 1 aliphatic heterocycles. The standard InChI is InChI=1S/C18H16ClN3O.2C2H6/c1-12-5-6-13(19)10-16(12)22-9-7-17-15(11-22)21-18(23-17)14-4-2-3-8-20-14;2*1-2/h2-6,8,10H,7,9,11H2,1H3;2*1-2H3. The molecule has 3 heterocycles. The van der Waals surface area contributed by atoms with Gasteiger partial charge in [-0.05, 0) is 36.8 Å². The van der Waals surface area contributed by atoms with E-state index in [0.717, 1.165) is 47.4 Å². The number of benzene rings is 1. The fourth-order valence-corrected chi connectivity index (χ4v) is 3.09. The smallest absolute Gasteiger partial charge is 0.245 e. The Bertz CT molecular complexity index is 846. The topological polar surface area (TPSA) is 42.2 Å². The molecule has 0 fully saturated rings. The predicted octanol–water partition coefficient (Wildman–Crippen LogP) is 6.31. The van der Waals surface area contributed by atoms with Crippen molar-refractivity contribution in [1.29, 1.82) is 0 Å². The Hall–Kier alpha value is -2.33. The van der Waals surface area contributed by atoms with Gasteiger partial charge < -0.3 is 9.32 Å². The van der Waals surface area contributed by atoms with E-state index in [2.05, 4.69) is 27.9 Å². The summed E-state index contributed by atoms with van der Waals surface area (Å²) in [7, 11) is 0. The Kier molecular flexibility index (Phi) is 7.86. The van der Waals surface area contributed by atoms with Crippen molar-refractivity contribution in [1.82, 2.24) is 9.97 Å². The maximum Gasteiger partial charge on any atom is 0.245 e. The first-order chi connectivity index (χ1) is 13.2. The molecule has 0 amide bonds. The van der Waals surface area contributed by atoms with Gasteiger partial charge in [-0.25, -0.2) is 4.98 Å². The van der Waals surface area contributed by atoms with E-state index in [0.29, 0.717) is 5.89 Å². The molecule has 1 aromatic carbocycles. The minimum atomic E-state index is 0.597. The van der Waals surface area contributed by atoms with E-state index in [1.54, 1.807) is 6.20 Å². The summed E-state index contributed by atoms with van der Waals surface area (Å²) in [5, 5.41) is 0.755. The molecule has 0 aliphatic carbocycles. The van der Waals surface area contributed by atoms with Crippen LogP contribution in [0.25, 0.3) is 11.6 Å². The lowest BCUT2D eigenvalue weighted by Gasteiger charge is -2.29. The van der Waals surface area contributed by atoms with Crippen LogP contribution >= 0.6 is 11.6 Å². The highest BCUT2D eigenvalue weighted by Crippen LogP contribution is 2.31. The Balaban J connectivity index is 0.000000614. The van der Waals surface area contributed by atoms with E-state index in [4.69, 9.17) is 16.0 Å². The number of hydrogen-bond donors (Lipinski definition) is 0. The number of oxazole rings is 1. The van der Waals surface area contributed by atoms with E-state index in [1.165, 1.54) is 5.56 Å². The van der Waals surface area contributed by atoms with Crippen molar-refractivity contribution in [3.8, 4) is 11.6 Å². The number of rotatable bonds is 2. The first-order valence-corrected chi connectivity index (χ1v) is 9.99. The molecule has 4 rings (SSSR count). The van der Waals surface area contributed by atoms with Crippen molar-refractivity contribution >= 4 is 17.3 Å². The van der Waals surface area contributed by atoms with Gasteiger partial charge in [0, 0.05) is 29.9 Å². The van der Waals surface area contributed by atoms with Gasteiger partial charge in [0.1, 0.15) is 17.1 Å². The molecule has 1 aliphatic rings. The molecule has 5 heteroatoms. The lowest BCUT2D eigenvalue weighted by atomic mass is 10.1. The Morgan fingerprint density at radius 3 is 2.56 bits per heavy atom. The molecule has 0 radical (unpaired) electrons. The average molecular weight is 386 g/mol. The minimum Gasteiger partial charge on any atom is -0.439 e. The number of aromatic nitrogens is 2.